The Morgan fingerprint density at radius 3 is 2.21 bits per heavy atom. The minimum atomic E-state index is -1.12. The van der Waals surface area contributed by atoms with Gasteiger partial charge in [-0.05, 0) is 42.5 Å². The van der Waals surface area contributed by atoms with Crippen LogP contribution in [0.1, 0.15) is 31.8 Å². The summed E-state index contributed by atoms with van der Waals surface area (Å²) in [4.78, 5) is 23.4. The molecule has 1 aromatic carbocycles. The fourth-order valence-electron chi connectivity index (χ4n) is 2.06. The highest BCUT2D eigenvalue weighted by Gasteiger charge is 2.21. The topological polar surface area (TPSA) is 74.6 Å². The van der Waals surface area contributed by atoms with Crippen LogP contribution in [0, 0.1) is 13.8 Å². The minimum Gasteiger partial charge on any atom is -0.478 e. The van der Waals surface area contributed by atoms with E-state index in [1.165, 1.54) is 24.3 Å². The Kier molecular flexibility index (Phi) is 3.40. The molecule has 0 saturated carbocycles. The van der Waals surface area contributed by atoms with Gasteiger partial charge in [0, 0.05) is 10.4 Å². The third-order valence-electron chi connectivity index (χ3n) is 3.02. The average molecular weight is 276 g/mol. The highest BCUT2D eigenvalue weighted by atomic mass is 32.1. The molecule has 0 amide bonds. The second-order valence-corrected chi connectivity index (χ2v) is 5.12. The van der Waals surface area contributed by atoms with Crippen molar-refractivity contribution < 1.29 is 19.8 Å². The average Bonchev–Trinajstić information content (AvgIpc) is 2.73. The Morgan fingerprint density at radius 2 is 1.74 bits per heavy atom. The summed E-state index contributed by atoms with van der Waals surface area (Å²) in [7, 11) is 0. The lowest BCUT2D eigenvalue weighted by molar-refractivity contribution is 0.0696. The van der Waals surface area contributed by atoms with Crippen molar-refractivity contribution in [2.45, 2.75) is 13.8 Å². The SMILES string of the molecule is Cc1ccsc1-c1ccc(C(=O)O)c(C)c1C(=O)O. The van der Waals surface area contributed by atoms with E-state index in [9.17, 15) is 14.7 Å². The first kappa shape index (κ1) is 13.3. The van der Waals surface area contributed by atoms with Gasteiger partial charge in [-0.25, -0.2) is 9.59 Å². The minimum absolute atomic E-state index is 0.0235. The zero-order valence-corrected chi connectivity index (χ0v) is 11.2. The van der Waals surface area contributed by atoms with E-state index in [0.717, 1.165) is 10.4 Å². The van der Waals surface area contributed by atoms with Crippen molar-refractivity contribution in [1.82, 2.24) is 0 Å². The summed E-state index contributed by atoms with van der Waals surface area (Å²) >= 11 is 1.45. The van der Waals surface area contributed by atoms with Crippen LogP contribution < -0.4 is 0 Å². The van der Waals surface area contributed by atoms with Gasteiger partial charge >= 0.3 is 11.9 Å². The maximum Gasteiger partial charge on any atom is 0.336 e. The Balaban J connectivity index is 2.77. The van der Waals surface area contributed by atoms with Gasteiger partial charge < -0.3 is 10.2 Å². The summed E-state index contributed by atoms with van der Waals surface area (Å²) in [5.41, 5.74) is 1.92. The number of hydrogen-bond acceptors (Lipinski definition) is 3. The molecule has 2 N–H and O–H groups in total. The Labute approximate surface area is 114 Å². The molecule has 0 saturated heterocycles. The summed E-state index contributed by atoms with van der Waals surface area (Å²) < 4.78 is 0. The first-order valence-electron chi connectivity index (χ1n) is 5.58. The number of carboxylic acids is 2. The van der Waals surface area contributed by atoms with Crippen molar-refractivity contribution >= 4 is 23.3 Å². The number of hydrogen-bond donors (Lipinski definition) is 2. The molecule has 0 aliphatic rings. The molecule has 98 valence electrons. The van der Waals surface area contributed by atoms with E-state index < -0.39 is 11.9 Å². The molecule has 5 heteroatoms. The molecule has 0 unspecified atom stereocenters. The molecule has 0 aliphatic heterocycles. The van der Waals surface area contributed by atoms with Crippen LogP contribution >= 0.6 is 11.3 Å². The van der Waals surface area contributed by atoms with Crippen molar-refractivity contribution in [3.8, 4) is 10.4 Å². The molecule has 0 radical (unpaired) electrons. The molecular formula is C14H12O4S. The third-order valence-corrected chi connectivity index (χ3v) is 4.07. The van der Waals surface area contributed by atoms with Gasteiger partial charge in [-0.1, -0.05) is 6.07 Å². The van der Waals surface area contributed by atoms with Crippen LogP contribution in [0.4, 0.5) is 0 Å². The Morgan fingerprint density at radius 1 is 1.05 bits per heavy atom. The summed E-state index contributed by atoms with van der Waals surface area (Å²) in [5, 5.41) is 20.3. The number of rotatable bonds is 3. The van der Waals surface area contributed by atoms with Gasteiger partial charge in [-0.2, -0.15) is 0 Å². The van der Waals surface area contributed by atoms with E-state index in [1.54, 1.807) is 6.07 Å². The molecule has 1 heterocycles. The number of thiophene rings is 1. The molecule has 0 bridgehead atoms. The molecule has 19 heavy (non-hydrogen) atoms. The smallest absolute Gasteiger partial charge is 0.336 e. The highest BCUT2D eigenvalue weighted by Crippen LogP contribution is 2.34. The lowest BCUT2D eigenvalue weighted by Gasteiger charge is -2.11. The van der Waals surface area contributed by atoms with Crippen LogP contribution in [-0.4, -0.2) is 22.2 Å². The fraction of sp³-hybridized carbons (Fsp3) is 0.143. The number of carbonyl (C=O) groups is 2. The van der Waals surface area contributed by atoms with Gasteiger partial charge in [0.05, 0.1) is 11.1 Å². The fourth-order valence-corrected chi connectivity index (χ4v) is 3.02. The maximum atomic E-state index is 11.4. The van der Waals surface area contributed by atoms with E-state index >= 15 is 0 Å². The molecule has 4 nitrogen and oxygen atoms in total. The predicted octanol–water partition coefficient (Wildman–Crippen LogP) is 3.43. The summed E-state index contributed by atoms with van der Waals surface area (Å²) in [6.45, 7) is 3.43. The van der Waals surface area contributed by atoms with Crippen molar-refractivity contribution in [2.75, 3.05) is 0 Å². The lowest BCUT2D eigenvalue weighted by atomic mass is 9.95. The zero-order valence-electron chi connectivity index (χ0n) is 10.4. The van der Waals surface area contributed by atoms with Crippen molar-refractivity contribution in [3.05, 3.63) is 45.8 Å². The standard InChI is InChI=1S/C14H12O4S/c1-7-5-6-19-12(7)10-4-3-9(13(15)16)8(2)11(10)14(17)18/h3-6H,1-2H3,(H,15,16)(H,17,18). The van der Waals surface area contributed by atoms with Gasteiger partial charge in [-0.15, -0.1) is 11.3 Å². The van der Waals surface area contributed by atoms with Crippen LogP contribution in [0.25, 0.3) is 10.4 Å². The van der Waals surface area contributed by atoms with Crippen LogP contribution in [0.2, 0.25) is 0 Å². The zero-order chi connectivity index (χ0) is 14.2. The van der Waals surface area contributed by atoms with Crippen LogP contribution in [0.3, 0.4) is 0 Å². The van der Waals surface area contributed by atoms with E-state index in [2.05, 4.69) is 0 Å². The first-order valence-corrected chi connectivity index (χ1v) is 6.46. The monoisotopic (exact) mass is 276 g/mol. The van der Waals surface area contributed by atoms with Crippen molar-refractivity contribution in [3.63, 3.8) is 0 Å². The quantitative estimate of drug-likeness (QED) is 0.900. The van der Waals surface area contributed by atoms with E-state index in [0.29, 0.717) is 5.56 Å². The number of benzene rings is 1. The Bertz CT molecular complexity index is 670. The van der Waals surface area contributed by atoms with Crippen LogP contribution in [0.15, 0.2) is 23.6 Å². The highest BCUT2D eigenvalue weighted by molar-refractivity contribution is 7.13. The van der Waals surface area contributed by atoms with E-state index in [4.69, 9.17) is 5.11 Å². The van der Waals surface area contributed by atoms with Gasteiger partial charge in [-0.3, -0.25) is 0 Å². The maximum absolute atomic E-state index is 11.4. The number of aryl methyl sites for hydroxylation is 1. The molecule has 2 rings (SSSR count). The predicted molar refractivity (Wildman–Crippen MR) is 73.1 cm³/mol. The summed E-state index contributed by atoms with van der Waals surface area (Å²) in [5.74, 6) is -2.22. The van der Waals surface area contributed by atoms with E-state index in [-0.39, 0.29) is 16.7 Å². The van der Waals surface area contributed by atoms with Crippen molar-refractivity contribution in [2.24, 2.45) is 0 Å². The Hall–Kier alpha value is -2.14. The summed E-state index contributed by atoms with van der Waals surface area (Å²) in [6.07, 6.45) is 0. The van der Waals surface area contributed by atoms with Crippen LogP contribution in [-0.2, 0) is 0 Å². The van der Waals surface area contributed by atoms with Crippen LogP contribution in [0.5, 0.6) is 0 Å². The van der Waals surface area contributed by atoms with Gasteiger partial charge in [0.2, 0.25) is 0 Å². The normalized spacial score (nSPS) is 10.4. The molecule has 1 aromatic heterocycles. The third kappa shape index (κ3) is 2.24. The molecule has 0 fully saturated rings. The van der Waals surface area contributed by atoms with E-state index in [1.807, 2.05) is 18.4 Å². The first-order chi connectivity index (χ1) is 8.93. The molecular weight excluding hydrogens is 264 g/mol. The number of carboxylic acid groups (broad SMARTS) is 2. The number of aromatic carboxylic acids is 2. The lowest BCUT2D eigenvalue weighted by Crippen LogP contribution is -2.08. The molecule has 0 atom stereocenters. The second-order valence-electron chi connectivity index (χ2n) is 4.20. The van der Waals surface area contributed by atoms with Gasteiger partial charge in [0.25, 0.3) is 0 Å². The molecule has 2 aromatic rings. The summed E-state index contributed by atoms with van der Waals surface area (Å²) in [6, 6.07) is 4.93. The van der Waals surface area contributed by atoms with Gasteiger partial charge in [0.15, 0.2) is 0 Å². The van der Waals surface area contributed by atoms with Gasteiger partial charge in [0.1, 0.15) is 0 Å². The largest absolute Gasteiger partial charge is 0.478 e. The molecule has 0 spiro atoms. The van der Waals surface area contributed by atoms with Crippen molar-refractivity contribution in [1.29, 1.82) is 0 Å². The second kappa shape index (κ2) is 4.85. The molecule has 0 aliphatic carbocycles.